The van der Waals surface area contributed by atoms with Gasteiger partial charge in [0.05, 0.1) is 16.9 Å². The summed E-state index contributed by atoms with van der Waals surface area (Å²) in [5, 5.41) is 15.8. The quantitative estimate of drug-likeness (QED) is 0.239. The zero-order valence-corrected chi connectivity index (χ0v) is 21.6. The van der Waals surface area contributed by atoms with Crippen LogP contribution < -0.4 is 19.8 Å². The standard InChI is InChI=1S/C26H27N5O5S/c1-26(2)21-7-5-6-8-23(21)30(3)25(26)15-16-27-28-22-14-13-20(17-24(22)31(32)33)37(34,35)29-18-9-11-19(36-4)12-10-18/h5-17,28-29H,1-4H3. The predicted octanol–water partition coefficient (Wildman–Crippen LogP) is 5.11. The van der Waals surface area contributed by atoms with Gasteiger partial charge >= 0.3 is 0 Å². The summed E-state index contributed by atoms with van der Waals surface area (Å²) in [5.74, 6) is 0.567. The van der Waals surface area contributed by atoms with Gasteiger partial charge in [-0.25, -0.2) is 8.42 Å². The largest absolute Gasteiger partial charge is 0.497 e. The third-order valence-corrected chi connectivity index (χ3v) is 7.63. The molecule has 0 unspecified atom stereocenters. The maximum absolute atomic E-state index is 12.8. The van der Waals surface area contributed by atoms with Crippen LogP contribution in [0.15, 0.2) is 88.5 Å². The molecule has 1 aliphatic rings. The van der Waals surface area contributed by atoms with Gasteiger partial charge in [-0.05, 0) is 54.1 Å². The molecule has 4 rings (SSSR count). The molecule has 3 aromatic rings. The highest BCUT2D eigenvalue weighted by Gasteiger charge is 2.37. The van der Waals surface area contributed by atoms with Gasteiger partial charge in [-0.1, -0.05) is 32.0 Å². The number of sulfonamides is 1. The minimum Gasteiger partial charge on any atom is -0.497 e. The summed E-state index contributed by atoms with van der Waals surface area (Å²) in [5.41, 5.74) is 5.67. The van der Waals surface area contributed by atoms with Crippen LogP contribution >= 0.6 is 0 Å². The van der Waals surface area contributed by atoms with Gasteiger partial charge in [-0.3, -0.25) is 20.3 Å². The molecule has 0 fully saturated rings. The van der Waals surface area contributed by atoms with Gasteiger partial charge in [0.15, 0.2) is 0 Å². The number of hydrogen-bond donors (Lipinski definition) is 2. The minimum absolute atomic E-state index is 0.0605. The van der Waals surface area contributed by atoms with Crippen molar-refractivity contribution in [1.82, 2.24) is 0 Å². The van der Waals surface area contributed by atoms with E-state index in [4.69, 9.17) is 4.74 Å². The topological polar surface area (TPSA) is 126 Å². The summed E-state index contributed by atoms with van der Waals surface area (Å²) in [7, 11) is -0.585. The Morgan fingerprint density at radius 1 is 1.08 bits per heavy atom. The van der Waals surface area contributed by atoms with Crippen LogP contribution in [0.2, 0.25) is 0 Å². The molecule has 11 heteroatoms. The first-order chi connectivity index (χ1) is 17.5. The lowest BCUT2D eigenvalue weighted by Crippen LogP contribution is -2.23. The molecule has 0 saturated carbocycles. The van der Waals surface area contributed by atoms with Crippen LogP contribution in [0, 0.1) is 10.1 Å². The smallest absolute Gasteiger partial charge is 0.295 e. The van der Waals surface area contributed by atoms with Crippen molar-refractivity contribution in [2.75, 3.05) is 29.2 Å². The van der Waals surface area contributed by atoms with Crippen LogP contribution in [0.5, 0.6) is 5.75 Å². The van der Waals surface area contributed by atoms with E-state index in [1.165, 1.54) is 43.2 Å². The number of nitrogens with one attached hydrogen (secondary N) is 2. The normalized spacial score (nSPS) is 15.6. The summed E-state index contributed by atoms with van der Waals surface area (Å²) in [6.07, 6.45) is 3.37. The number of para-hydroxylation sites is 1. The lowest BCUT2D eigenvalue weighted by molar-refractivity contribution is -0.384. The number of methoxy groups -OCH3 is 1. The van der Waals surface area contributed by atoms with Crippen molar-refractivity contribution in [3.05, 3.63) is 94.2 Å². The van der Waals surface area contributed by atoms with E-state index in [1.807, 2.05) is 25.3 Å². The van der Waals surface area contributed by atoms with Gasteiger partial charge in [-0.15, -0.1) is 0 Å². The second kappa shape index (κ2) is 9.94. The van der Waals surface area contributed by atoms with E-state index in [2.05, 4.69) is 46.1 Å². The lowest BCUT2D eigenvalue weighted by atomic mass is 9.84. The number of nitro benzene ring substituents is 1. The molecule has 0 spiro atoms. The van der Waals surface area contributed by atoms with E-state index >= 15 is 0 Å². The van der Waals surface area contributed by atoms with Gasteiger partial charge in [0.25, 0.3) is 15.7 Å². The molecule has 1 heterocycles. The Morgan fingerprint density at radius 3 is 2.43 bits per heavy atom. The molecular weight excluding hydrogens is 494 g/mol. The number of nitrogens with zero attached hydrogens (tertiary/aromatic N) is 3. The molecule has 3 aromatic carbocycles. The zero-order valence-electron chi connectivity index (χ0n) is 20.8. The molecule has 0 radical (unpaired) electrons. The van der Waals surface area contributed by atoms with E-state index in [0.29, 0.717) is 11.4 Å². The second-order valence-corrected chi connectivity index (χ2v) is 10.6. The number of hydrazone groups is 1. The van der Waals surface area contributed by atoms with Gasteiger partial charge in [0.2, 0.25) is 0 Å². The van der Waals surface area contributed by atoms with Crippen LogP contribution in [-0.2, 0) is 15.4 Å². The van der Waals surface area contributed by atoms with Crippen LogP contribution in [0.25, 0.3) is 0 Å². The first kappa shape index (κ1) is 25.7. The number of allylic oxidation sites excluding steroid dienone is 2. The average Bonchev–Trinajstić information content (AvgIpc) is 3.07. The van der Waals surface area contributed by atoms with E-state index in [0.717, 1.165) is 17.5 Å². The lowest BCUT2D eigenvalue weighted by Gasteiger charge is -2.23. The molecule has 37 heavy (non-hydrogen) atoms. The van der Waals surface area contributed by atoms with Gasteiger partial charge < -0.3 is 9.64 Å². The molecule has 0 aliphatic carbocycles. The van der Waals surface area contributed by atoms with Crippen LogP contribution in [0.3, 0.4) is 0 Å². The molecule has 2 N–H and O–H groups in total. The summed E-state index contributed by atoms with van der Waals surface area (Å²) in [6, 6.07) is 18.0. The van der Waals surface area contributed by atoms with E-state index in [1.54, 1.807) is 12.1 Å². The average molecular weight is 522 g/mol. The van der Waals surface area contributed by atoms with Crippen LogP contribution in [0.4, 0.5) is 22.7 Å². The molecule has 1 aliphatic heterocycles. The zero-order chi connectivity index (χ0) is 26.8. The van der Waals surface area contributed by atoms with Gasteiger partial charge in [0.1, 0.15) is 11.4 Å². The number of likely N-dealkylation sites (N-methyl/N-ethyl adjacent to an activating group) is 1. The Kier molecular flexibility index (Phi) is 6.90. The number of hydrogen-bond acceptors (Lipinski definition) is 8. The molecule has 10 nitrogen and oxygen atoms in total. The van der Waals surface area contributed by atoms with Crippen molar-refractivity contribution in [1.29, 1.82) is 0 Å². The molecule has 0 aromatic heterocycles. The Bertz CT molecular complexity index is 1500. The number of fused-ring (bicyclic) bond motifs is 1. The maximum atomic E-state index is 12.8. The highest BCUT2D eigenvalue weighted by atomic mass is 32.2. The summed E-state index contributed by atoms with van der Waals surface area (Å²) in [6.45, 7) is 4.23. The molecule has 0 amide bonds. The first-order valence-electron chi connectivity index (χ1n) is 11.3. The number of ether oxygens (including phenoxy) is 1. The third-order valence-electron chi connectivity index (χ3n) is 6.25. The summed E-state index contributed by atoms with van der Waals surface area (Å²) >= 11 is 0. The number of benzene rings is 3. The highest BCUT2D eigenvalue weighted by molar-refractivity contribution is 7.92. The number of anilines is 3. The third kappa shape index (κ3) is 5.12. The second-order valence-electron chi connectivity index (χ2n) is 8.91. The van der Waals surface area contributed by atoms with Gasteiger partial charge in [0, 0.05) is 41.8 Å². The van der Waals surface area contributed by atoms with Crippen LogP contribution in [0.1, 0.15) is 19.4 Å². The Labute approximate surface area is 215 Å². The van der Waals surface area contributed by atoms with Crippen molar-refractivity contribution in [3.8, 4) is 5.75 Å². The Morgan fingerprint density at radius 2 is 1.78 bits per heavy atom. The maximum Gasteiger partial charge on any atom is 0.295 e. The molecular formula is C26H27N5O5S. The fourth-order valence-electron chi connectivity index (χ4n) is 4.31. The Hall–Kier alpha value is -4.38. The molecule has 0 saturated heterocycles. The van der Waals surface area contributed by atoms with Crippen molar-refractivity contribution in [2.24, 2.45) is 5.10 Å². The van der Waals surface area contributed by atoms with E-state index < -0.39 is 20.6 Å². The molecule has 192 valence electrons. The molecule has 0 atom stereocenters. The predicted molar refractivity (Wildman–Crippen MR) is 145 cm³/mol. The SMILES string of the molecule is COc1ccc(NS(=O)(=O)c2ccc(NN=CC=C3N(C)c4ccccc4C3(C)C)c([N+](=O)[O-])c2)cc1. The monoisotopic (exact) mass is 521 g/mol. The number of rotatable bonds is 8. The highest BCUT2D eigenvalue weighted by Crippen LogP contribution is 2.46. The van der Waals surface area contributed by atoms with Crippen molar-refractivity contribution < 1.29 is 18.1 Å². The molecule has 0 bridgehead atoms. The number of nitro groups is 1. The minimum atomic E-state index is -4.06. The van der Waals surface area contributed by atoms with Crippen molar-refractivity contribution >= 4 is 39.0 Å². The van der Waals surface area contributed by atoms with Crippen molar-refractivity contribution in [2.45, 2.75) is 24.2 Å². The van der Waals surface area contributed by atoms with E-state index in [9.17, 15) is 18.5 Å². The van der Waals surface area contributed by atoms with E-state index in [-0.39, 0.29) is 16.0 Å². The first-order valence-corrected chi connectivity index (χ1v) is 12.8. The Balaban J connectivity index is 1.53. The summed E-state index contributed by atoms with van der Waals surface area (Å²) < 4.78 is 33.1. The van der Waals surface area contributed by atoms with Crippen LogP contribution in [-0.4, -0.2) is 33.7 Å². The summed E-state index contributed by atoms with van der Waals surface area (Å²) in [4.78, 5) is 12.9. The van der Waals surface area contributed by atoms with Crippen molar-refractivity contribution in [3.63, 3.8) is 0 Å². The fourth-order valence-corrected chi connectivity index (χ4v) is 5.39. The fraction of sp³-hybridized carbons (Fsp3) is 0.192. The van der Waals surface area contributed by atoms with Gasteiger partial charge in [-0.2, -0.15) is 5.10 Å².